The molecular formula is C7H12OS. The molecule has 1 atom stereocenters. The van der Waals surface area contributed by atoms with Gasteiger partial charge in [0.05, 0.1) is 12.5 Å². The van der Waals surface area contributed by atoms with Crippen LogP contribution in [-0.4, -0.2) is 18.3 Å². The molecule has 1 fully saturated rings. The van der Waals surface area contributed by atoms with Gasteiger partial charge in [-0.15, -0.1) is 11.8 Å². The van der Waals surface area contributed by atoms with Gasteiger partial charge in [0.1, 0.15) is 0 Å². The lowest BCUT2D eigenvalue weighted by Gasteiger charge is -2.17. The van der Waals surface area contributed by atoms with Gasteiger partial charge >= 0.3 is 0 Å². The average Bonchev–Trinajstić information content (AvgIpc) is 1.91. The summed E-state index contributed by atoms with van der Waals surface area (Å²) >= 11 is 1.87. The van der Waals surface area contributed by atoms with E-state index in [4.69, 9.17) is 4.74 Å². The van der Waals surface area contributed by atoms with Crippen LogP contribution in [0.5, 0.6) is 0 Å². The van der Waals surface area contributed by atoms with Crippen molar-refractivity contribution in [2.24, 2.45) is 5.92 Å². The monoisotopic (exact) mass is 144 g/mol. The number of ether oxygens (including phenoxy) is 1. The van der Waals surface area contributed by atoms with Crippen molar-refractivity contribution in [1.29, 1.82) is 0 Å². The molecule has 1 heterocycles. The Bertz CT molecular complexity index is 95.1. The predicted octanol–water partition coefficient (Wildman–Crippen LogP) is 1.90. The summed E-state index contributed by atoms with van der Waals surface area (Å²) in [5, 5.41) is 0. The standard InChI is InChI=1S/C7H12OS/c1-2-3-7-4-8-6-9-5-7/h2-3,7H,4-6H2,1H3/b3-2-. The molecule has 0 amide bonds. The molecule has 1 rings (SSSR count). The van der Waals surface area contributed by atoms with Gasteiger partial charge in [0.25, 0.3) is 0 Å². The van der Waals surface area contributed by atoms with E-state index in [2.05, 4.69) is 19.1 Å². The van der Waals surface area contributed by atoms with E-state index in [0.717, 1.165) is 12.5 Å². The van der Waals surface area contributed by atoms with E-state index in [9.17, 15) is 0 Å². The van der Waals surface area contributed by atoms with Gasteiger partial charge < -0.3 is 4.74 Å². The Morgan fingerprint density at radius 2 is 2.56 bits per heavy atom. The van der Waals surface area contributed by atoms with Crippen molar-refractivity contribution in [3.05, 3.63) is 12.2 Å². The van der Waals surface area contributed by atoms with Crippen LogP contribution >= 0.6 is 11.8 Å². The smallest absolute Gasteiger partial charge is 0.0921 e. The van der Waals surface area contributed by atoms with Gasteiger partial charge in [0, 0.05) is 11.7 Å². The van der Waals surface area contributed by atoms with E-state index in [1.54, 1.807) is 0 Å². The maximum Gasteiger partial charge on any atom is 0.0921 e. The lowest BCUT2D eigenvalue weighted by atomic mass is 10.2. The lowest BCUT2D eigenvalue weighted by Crippen LogP contribution is -2.15. The molecule has 1 aliphatic heterocycles. The second kappa shape index (κ2) is 3.96. The van der Waals surface area contributed by atoms with Gasteiger partial charge in [-0.3, -0.25) is 0 Å². The Hall–Kier alpha value is 0.0500. The fraction of sp³-hybridized carbons (Fsp3) is 0.714. The lowest BCUT2D eigenvalue weighted by molar-refractivity contribution is 0.153. The molecule has 1 aliphatic rings. The molecule has 1 unspecified atom stereocenters. The molecular weight excluding hydrogens is 132 g/mol. The Kier molecular flexibility index (Phi) is 3.15. The molecule has 9 heavy (non-hydrogen) atoms. The van der Waals surface area contributed by atoms with Crippen molar-refractivity contribution in [1.82, 2.24) is 0 Å². The third-order valence-electron chi connectivity index (χ3n) is 1.30. The first kappa shape index (κ1) is 7.16. The van der Waals surface area contributed by atoms with Gasteiger partial charge in [-0.1, -0.05) is 12.2 Å². The van der Waals surface area contributed by atoms with E-state index >= 15 is 0 Å². The molecule has 0 aromatic heterocycles. The molecule has 0 saturated carbocycles. The summed E-state index contributed by atoms with van der Waals surface area (Å²) in [5.74, 6) is 2.77. The third kappa shape index (κ3) is 2.41. The van der Waals surface area contributed by atoms with Crippen molar-refractivity contribution >= 4 is 11.8 Å². The van der Waals surface area contributed by atoms with Gasteiger partial charge in [-0.05, 0) is 6.92 Å². The minimum absolute atomic E-state index is 0.661. The van der Waals surface area contributed by atoms with Crippen molar-refractivity contribution in [3.63, 3.8) is 0 Å². The van der Waals surface area contributed by atoms with Gasteiger partial charge in [0.15, 0.2) is 0 Å². The van der Waals surface area contributed by atoms with Crippen molar-refractivity contribution in [2.75, 3.05) is 18.3 Å². The summed E-state index contributed by atoms with van der Waals surface area (Å²) in [6.45, 7) is 2.97. The van der Waals surface area contributed by atoms with Gasteiger partial charge in [-0.2, -0.15) is 0 Å². The molecule has 0 bridgehead atoms. The zero-order valence-corrected chi connectivity index (χ0v) is 6.49. The van der Waals surface area contributed by atoms with Crippen molar-refractivity contribution < 1.29 is 4.74 Å². The van der Waals surface area contributed by atoms with E-state index in [1.807, 2.05) is 11.8 Å². The van der Waals surface area contributed by atoms with Crippen molar-refractivity contribution in [2.45, 2.75) is 6.92 Å². The molecule has 0 aromatic carbocycles. The number of rotatable bonds is 1. The highest BCUT2D eigenvalue weighted by molar-refractivity contribution is 7.99. The molecule has 0 spiro atoms. The average molecular weight is 144 g/mol. The van der Waals surface area contributed by atoms with Crippen LogP contribution in [0.25, 0.3) is 0 Å². The summed E-state index contributed by atoms with van der Waals surface area (Å²) in [6, 6.07) is 0. The number of hydrogen-bond acceptors (Lipinski definition) is 2. The molecule has 1 saturated heterocycles. The van der Waals surface area contributed by atoms with Crippen LogP contribution in [0.3, 0.4) is 0 Å². The molecule has 0 N–H and O–H groups in total. The predicted molar refractivity (Wildman–Crippen MR) is 41.6 cm³/mol. The second-order valence-corrected chi connectivity index (χ2v) is 3.12. The SMILES string of the molecule is C/C=C\C1COCSC1. The van der Waals surface area contributed by atoms with E-state index in [-0.39, 0.29) is 0 Å². The maximum atomic E-state index is 5.25. The molecule has 1 nitrogen and oxygen atoms in total. The molecule has 2 heteroatoms. The molecule has 0 radical (unpaired) electrons. The quantitative estimate of drug-likeness (QED) is 0.520. The number of hydrogen-bond donors (Lipinski definition) is 0. The Balaban J connectivity index is 2.23. The maximum absolute atomic E-state index is 5.25. The van der Waals surface area contributed by atoms with Crippen LogP contribution in [0, 0.1) is 5.92 Å². The third-order valence-corrected chi connectivity index (χ3v) is 2.29. The topological polar surface area (TPSA) is 9.23 Å². The van der Waals surface area contributed by atoms with E-state index < -0.39 is 0 Å². The van der Waals surface area contributed by atoms with Crippen LogP contribution < -0.4 is 0 Å². The highest BCUT2D eigenvalue weighted by Crippen LogP contribution is 2.16. The van der Waals surface area contributed by atoms with Crippen LogP contribution in [0.15, 0.2) is 12.2 Å². The van der Waals surface area contributed by atoms with Gasteiger partial charge in [-0.25, -0.2) is 0 Å². The first-order valence-electron chi connectivity index (χ1n) is 3.22. The van der Waals surface area contributed by atoms with Gasteiger partial charge in [0.2, 0.25) is 0 Å². The summed E-state index contributed by atoms with van der Waals surface area (Å²) in [7, 11) is 0. The normalized spacial score (nSPS) is 29.2. The second-order valence-electron chi connectivity index (χ2n) is 2.15. The number of thioether (sulfide) groups is 1. The van der Waals surface area contributed by atoms with Crippen molar-refractivity contribution in [3.8, 4) is 0 Å². The highest BCUT2D eigenvalue weighted by atomic mass is 32.2. The molecule has 52 valence electrons. The summed E-state index contributed by atoms with van der Waals surface area (Å²) in [6.07, 6.45) is 4.31. The number of allylic oxidation sites excluding steroid dienone is 1. The minimum atomic E-state index is 0.661. The van der Waals surface area contributed by atoms with E-state index in [0.29, 0.717) is 5.92 Å². The fourth-order valence-corrected chi connectivity index (χ4v) is 1.71. The summed E-state index contributed by atoms with van der Waals surface area (Å²) < 4.78 is 5.25. The van der Waals surface area contributed by atoms with Crippen LogP contribution in [0.4, 0.5) is 0 Å². The first-order chi connectivity index (χ1) is 4.43. The van der Waals surface area contributed by atoms with Crippen LogP contribution in [-0.2, 0) is 4.74 Å². The zero-order valence-electron chi connectivity index (χ0n) is 5.67. The Morgan fingerprint density at radius 1 is 1.67 bits per heavy atom. The Labute approximate surface area is 60.5 Å². The molecule has 0 aliphatic carbocycles. The fourth-order valence-electron chi connectivity index (χ4n) is 0.889. The van der Waals surface area contributed by atoms with Crippen LogP contribution in [0.2, 0.25) is 0 Å². The Morgan fingerprint density at radius 3 is 3.11 bits per heavy atom. The van der Waals surface area contributed by atoms with E-state index in [1.165, 1.54) is 5.75 Å². The van der Waals surface area contributed by atoms with Crippen LogP contribution in [0.1, 0.15) is 6.92 Å². The molecule has 0 aromatic rings. The first-order valence-corrected chi connectivity index (χ1v) is 4.37. The zero-order chi connectivity index (χ0) is 6.53. The summed E-state index contributed by atoms with van der Waals surface area (Å²) in [5.41, 5.74) is 0. The minimum Gasteiger partial charge on any atom is -0.370 e. The summed E-state index contributed by atoms with van der Waals surface area (Å²) in [4.78, 5) is 0. The highest BCUT2D eigenvalue weighted by Gasteiger charge is 2.09. The largest absolute Gasteiger partial charge is 0.370 e.